The van der Waals surface area contributed by atoms with Crippen molar-refractivity contribution in [2.75, 3.05) is 13.1 Å². The molecule has 0 aliphatic carbocycles. The van der Waals surface area contributed by atoms with E-state index in [1.54, 1.807) is 36.9 Å². The van der Waals surface area contributed by atoms with Gasteiger partial charge in [0.15, 0.2) is 0 Å². The van der Waals surface area contributed by atoms with Crippen molar-refractivity contribution in [2.24, 2.45) is 11.3 Å². The lowest BCUT2D eigenvalue weighted by molar-refractivity contribution is -0.151. The zero-order valence-electron chi connectivity index (χ0n) is 12.2. The number of carbonyl (C=O) groups is 2. The highest BCUT2D eigenvalue weighted by molar-refractivity contribution is 6.29. The third kappa shape index (κ3) is 3.35. The first kappa shape index (κ1) is 15.8. The summed E-state index contributed by atoms with van der Waals surface area (Å²) in [5.41, 5.74) is -0.544. The molecule has 1 unspecified atom stereocenters. The van der Waals surface area contributed by atoms with Gasteiger partial charge in [0, 0.05) is 13.1 Å². The second-order valence-corrected chi connectivity index (χ2v) is 6.35. The van der Waals surface area contributed by atoms with E-state index < -0.39 is 11.4 Å². The normalized spacial score (nSPS) is 19.4. The average Bonchev–Trinajstić information content (AvgIpc) is 2.46. The largest absolute Gasteiger partial charge is 0.481 e. The maximum Gasteiger partial charge on any atom is 0.309 e. The first-order valence-electron chi connectivity index (χ1n) is 6.97. The maximum atomic E-state index is 12.5. The van der Waals surface area contributed by atoms with Crippen molar-refractivity contribution in [3.63, 3.8) is 0 Å². The first-order valence-corrected chi connectivity index (χ1v) is 7.35. The number of likely N-dealkylation sites (tertiary alicyclic amines) is 1. The number of hydrogen-bond acceptors (Lipinski definition) is 3. The number of nitrogens with zero attached hydrogens (tertiary/aromatic N) is 2. The summed E-state index contributed by atoms with van der Waals surface area (Å²) < 4.78 is 0. The summed E-state index contributed by atoms with van der Waals surface area (Å²) in [6.07, 6.45) is 1.61. The van der Waals surface area contributed by atoms with Crippen molar-refractivity contribution < 1.29 is 14.7 Å². The molecule has 1 aromatic rings. The minimum Gasteiger partial charge on any atom is -0.481 e. The molecule has 0 bridgehead atoms. The summed E-state index contributed by atoms with van der Waals surface area (Å²) in [5, 5.41) is 9.62. The Morgan fingerprint density at radius 3 is 2.76 bits per heavy atom. The molecule has 0 saturated carbocycles. The molecule has 2 heterocycles. The second kappa shape index (κ2) is 6.02. The summed E-state index contributed by atoms with van der Waals surface area (Å²) in [4.78, 5) is 29.5. The summed E-state index contributed by atoms with van der Waals surface area (Å²) in [6, 6.07) is 4.93. The Kier molecular flexibility index (Phi) is 4.52. The lowest BCUT2D eigenvalue weighted by atomic mass is 9.74. The highest BCUT2D eigenvalue weighted by atomic mass is 35.5. The Morgan fingerprint density at radius 2 is 2.14 bits per heavy atom. The van der Waals surface area contributed by atoms with E-state index in [1.807, 2.05) is 0 Å². The standard InChI is InChI=1S/C15H19ClN2O3/c1-15(2,14(20)21)10-5-4-8-18(9-10)13(19)11-6-3-7-12(16)17-11/h3,6-7,10H,4-5,8-9H2,1-2H3,(H,20,21). The van der Waals surface area contributed by atoms with Crippen molar-refractivity contribution >= 4 is 23.5 Å². The van der Waals surface area contributed by atoms with Gasteiger partial charge in [-0.1, -0.05) is 17.7 Å². The van der Waals surface area contributed by atoms with Crippen LogP contribution >= 0.6 is 11.6 Å². The van der Waals surface area contributed by atoms with E-state index in [9.17, 15) is 14.7 Å². The van der Waals surface area contributed by atoms with Gasteiger partial charge in [-0.15, -0.1) is 0 Å². The lowest BCUT2D eigenvalue weighted by Gasteiger charge is -2.39. The monoisotopic (exact) mass is 310 g/mol. The third-order valence-electron chi connectivity index (χ3n) is 4.21. The Morgan fingerprint density at radius 1 is 1.43 bits per heavy atom. The number of aromatic nitrogens is 1. The first-order chi connectivity index (χ1) is 9.82. The van der Waals surface area contributed by atoms with Gasteiger partial charge in [-0.05, 0) is 44.7 Å². The number of amides is 1. The number of carbonyl (C=O) groups excluding carboxylic acids is 1. The Labute approximate surface area is 128 Å². The van der Waals surface area contributed by atoms with Crippen LogP contribution in [0.15, 0.2) is 18.2 Å². The number of halogens is 1. The minimum absolute atomic E-state index is 0.0631. The number of pyridine rings is 1. The molecule has 1 N–H and O–H groups in total. The second-order valence-electron chi connectivity index (χ2n) is 5.96. The van der Waals surface area contributed by atoms with Crippen molar-refractivity contribution in [3.8, 4) is 0 Å². The van der Waals surface area contributed by atoms with Crippen LogP contribution < -0.4 is 0 Å². The molecule has 1 atom stereocenters. The zero-order valence-corrected chi connectivity index (χ0v) is 12.9. The van der Waals surface area contributed by atoms with E-state index in [-0.39, 0.29) is 17.0 Å². The van der Waals surface area contributed by atoms with Crippen LogP contribution in [0.2, 0.25) is 5.15 Å². The SMILES string of the molecule is CC(C)(C(=O)O)C1CCCN(C(=O)c2cccc(Cl)n2)C1. The van der Waals surface area contributed by atoms with Crippen LogP contribution in [-0.4, -0.2) is 40.0 Å². The van der Waals surface area contributed by atoms with Crippen LogP contribution in [0.4, 0.5) is 0 Å². The molecule has 1 aliphatic rings. The van der Waals surface area contributed by atoms with Crippen molar-refractivity contribution in [2.45, 2.75) is 26.7 Å². The van der Waals surface area contributed by atoms with Crippen LogP contribution in [0.3, 0.4) is 0 Å². The fourth-order valence-electron chi connectivity index (χ4n) is 2.61. The molecule has 1 fully saturated rings. The van der Waals surface area contributed by atoms with Gasteiger partial charge < -0.3 is 10.0 Å². The molecule has 5 nitrogen and oxygen atoms in total. The molecule has 6 heteroatoms. The van der Waals surface area contributed by atoms with E-state index in [1.165, 1.54) is 0 Å². The predicted molar refractivity (Wildman–Crippen MR) is 79.3 cm³/mol. The zero-order chi connectivity index (χ0) is 15.6. The summed E-state index contributed by atoms with van der Waals surface area (Å²) in [6.45, 7) is 4.49. The fraction of sp³-hybridized carbons (Fsp3) is 0.533. The Balaban J connectivity index is 2.14. The van der Waals surface area contributed by atoms with Gasteiger partial charge >= 0.3 is 5.97 Å². The number of carboxylic acid groups (broad SMARTS) is 1. The smallest absolute Gasteiger partial charge is 0.309 e. The highest BCUT2D eigenvalue weighted by Gasteiger charge is 2.40. The minimum atomic E-state index is -0.847. The van der Waals surface area contributed by atoms with Gasteiger partial charge in [0.2, 0.25) is 0 Å². The van der Waals surface area contributed by atoms with Crippen LogP contribution in [0, 0.1) is 11.3 Å². The molecule has 114 valence electrons. The van der Waals surface area contributed by atoms with Crippen molar-refractivity contribution in [1.82, 2.24) is 9.88 Å². The number of aliphatic carboxylic acids is 1. The molecule has 1 aliphatic heterocycles. The van der Waals surface area contributed by atoms with Gasteiger partial charge in [0.1, 0.15) is 10.8 Å². The predicted octanol–water partition coefficient (Wildman–Crippen LogP) is 2.70. The van der Waals surface area contributed by atoms with Crippen LogP contribution in [0.5, 0.6) is 0 Å². The van der Waals surface area contributed by atoms with Crippen molar-refractivity contribution in [1.29, 1.82) is 0 Å². The van der Waals surface area contributed by atoms with E-state index in [0.717, 1.165) is 12.8 Å². The lowest BCUT2D eigenvalue weighted by Crippen LogP contribution is -2.47. The molecule has 0 radical (unpaired) electrons. The molecule has 0 spiro atoms. The van der Waals surface area contributed by atoms with Gasteiger partial charge in [-0.3, -0.25) is 9.59 Å². The molecular weight excluding hydrogens is 292 g/mol. The number of hydrogen-bond donors (Lipinski definition) is 1. The van der Waals surface area contributed by atoms with E-state index >= 15 is 0 Å². The molecule has 0 aromatic carbocycles. The number of carboxylic acids is 1. The fourth-order valence-corrected chi connectivity index (χ4v) is 2.78. The number of rotatable bonds is 3. The number of piperidine rings is 1. The van der Waals surface area contributed by atoms with Crippen LogP contribution in [-0.2, 0) is 4.79 Å². The average molecular weight is 311 g/mol. The van der Waals surface area contributed by atoms with Gasteiger partial charge in [-0.25, -0.2) is 4.98 Å². The quantitative estimate of drug-likeness (QED) is 0.871. The Bertz CT molecular complexity index is 560. The van der Waals surface area contributed by atoms with E-state index in [2.05, 4.69) is 4.98 Å². The van der Waals surface area contributed by atoms with E-state index in [0.29, 0.717) is 18.8 Å². The molecule has 21 heavy (non-hydrogen) atoms. The van der Waals surface area contributed by atoms with Gasteiger partial charge in [-0.2, -0.15) is 0 Å². The molecular formula is C15H19ClN2O3. The third-order valence-corrected chi connectivity index (χ3v) is 4.43. The van der Waals surface area contributed by atoms with Gasteiger partial charge in [0.05, 0.1) is 5.41 Å². The molecule has 1 aromatic heterocycles. The molecule has 2 rings (SSSR count). The van der Waals surface area contributed by atoms with Crippen LogP contribution in [0.25, 0.3) is 0 Å². The topological polar surface area (TPSA) is 70.5 Å². The molecule has 1 amide bonds. The summed E-state index contributed by atoms with van der Waals surface area (Å²) >= 11 is 5.81. The Hall–Kier alpha value is -1.62. The summed E-state index contributed by atoms with van der Waals surface area (Å²) in [7, 11) is 0. The summed E-state index contributed by atoms with van der Waals surface area (Å²) in [5.74, 6) is -1.09. The van der Waals surface area contributed by atoms with Gasteiger partial charge in [0.25, 0.3) is 5.91 Å². The maximum absolute atomic E-state index is 12.5. The molecule has 1 saturated heterocycles. The van der Waals surface area contributed by atoms with Crippen LogP contribution in [0.1, 0.15) is 37.2 Å². The van der Waals surface area contributed by atoms with E-state index in [4.69, 9.17) is 11.6 Å². The highest BCUT2D eigenvalue weighted by Crippen LogP contribution is 2.34. The van der Waals surface area contributed by atoms with Crippen molar-refractivity contribution in [3.05, 3.63) is 29.0 Å².